The second kappa shape index (κ2) is 7.33. The van der Waals surface area contributed by atoms with Crippen molar-refractivity contribution in [3.05, 3.63) is 29.8 Å². The Balaban J connectivity index is 2.53. The number of phenolic OH excluding ortho intramolecular Hbond substituents is 1. The van der Waals surface area contributed by atoms with E-state index >= 15 is 0 Å². The van der Waals surface area contributed by atoms with Gasteiger partial charge in [-0.25, -0.2) is 0 Å². The molecule has 1 atom stereocenters. The number of hydrogen-bond acceptors (Lipinski definition) is 2. The Kier molecular flexibility index (Phi) is 6.06. The first kappa shape index (κ1) is 14.0. The van der Waals surface area contributed by atoms with Gasteiger partial charge in [0.25, 0.3) is 0 Å². The number of nitrogens with one attached hydrogen (secondary N) is 1. The molecule has 2 heteroatoms. The number of hydrogen-bond donors (Lipinski definition) is 2. The highest BCUT2D eigenvalue weighted by atomic mass is 16.3. The molecule has 0 spiro atoms. The normalized spacial score (nSPS) is 12.9. The van der Waals surface area contributed by atoms with Crippen LogP contribution in [0.1, 0.15) is 39.2 Å². The number of benzene rings is 1. The lowest BCUT2D eigenvalue weighted by molar-refractivity contribution is 0.417. The molecule has 0 radical (unpaired) electrons. The van der Waals surface area contributed by atoms with Gasteiger partial charge in [-0.05, 0) is 43.0 Å². The summed E-state index contributed by atoms with van der Waals surface area (Å²) in [7, 11) is 0. The van der Waals surface area contributed by atoms with Gasteiger partial charge in [-0.2, -0.15) is 0 Å². The fraction of sp³-hybridized carbons (Fsp3) is 0.600. The third-order valence-corrected chi connectivity index (χ3v) is 2.95. The van der Waals surface area contributed by atoms with Crippen molar-refractivity contribution in [1.82, 2.24) is 5.32 Å². The molecule has 0 aliphatic heterocycles. The summed E-state index contributed by atoms with van der Waals surface area (Å²) < 4.78 is 0. The highest BCUT2D eigenvalue weighted by molar-refractivity contribution is 5.27. The fourth-order valence-electron chi connectivity index (χ4n) is 2.10. The van der Waals surface area contributed by atoms with Gasteiger partial charge in [0.1, 0.15) is 5.75 Å². The summed E-state index contributed by atoms with van der Waals surface area (Å²) in [5.74, 6) is 1.03. The number of rotatable bonds is 7. The van der Waals surface area contributed by atoms with Crippen LogP contribution in [0.2, 0.25) is 0 Å². The SMILES string of the molecule is CCCC(CNC(C)C)Cc1cccc(O)c1. The van der Waals surface area contributed by atoms with Crippen LogP contribution < -0.4 is 5.32 Å². The van der Waals surface area contributed by atoms with Crippen LogP contribution in [0.25, 0.3) is 0 Å². The first-order chi connectivity index (χ1) is 8.11. The van der Waals surface area contributed by atoms with Crippen LogP contribution >= 0.6 is 0 Å². The van der Waals surface area contributed by atoms with E-state index in [4.69, 9.17) is 0 Å². The second-order valence-corrected chi connectivity index (χ2v) is 5.09. The van der Waals surface area contributed by atoms with Crippen LogP contribution in [0.5, 0.6) is 5.75 Å². The maximum Gasteiger partial charge on any atom is 0.115 e. The molecule has 0 saturated carbocycles. The smallest absolute Gasteiger partial charge is 0.115 e. The van der Waals surface area contributed by atoms with E-state index < -0.39 is 0 Å². The zero-order valence-electron chi connectivity index (χ0n) is 11.2. The highest BCUT2D eigenvalue weighted by Gasteiger charge is 2.09. The Morgan fingerprint density at radius 1 is 1.29 bits per heavy atom. The maximum atomic E-state index is 9.46. The molecule has 0 bridgehead atoms. The average molecular weight is 235 g/mol. The quantitative estimate of drug-likeness (QED) is 0.759. The Labute approximate surface area is 105 Å². The maximum absolute atomic E-state index is 9.46. The van der Waals surface area contributed by atoms with E-state index in [9.17, 15) is 5.11 Å². The predicted molar refractivity (Wildman–Crippen MR) is 73.3 cm³/mol. The van der Waals surface area contributed by atoms with Crippen LogP contribution in [-0.4, -0.2) is 17.7 Å². The van der Waals surface area contributed by atoms with Crippen molar-refractivity contribution in [2.45, 2.75) is 46.1 Å². The van der Waals surface area contributed by atoms with Gasteiger partial charge in [-0.15, -0.1) is 0 Å². The molecule has 0 amide bonds. The van der Waals surface area contributed by atoms with Gasteiger partial charge in [0.15, 0.2) is 0 Å². The van der Waals surface area contributed by atoms with Crippen molar-refractivity contribution in [2.24, 2.45) is 5.92 Å². The Hall–Kier alpha value is -1.02. The molecule has 0 saturated heterocycles. The van der Waals surface area contributed by atoms with Crippen molar-refractivity contribution in [2.75, 3.05) is 6.54 Å². The summed E-state index contributed by atoms with van der Waals surface area (Å²) in [6, 6.07) is 8.16. The van der Waals surface area contributed by atoms with Crippen LogP contribution in [0.15, 0.2) is 24.3 Å². The molecule has 0 aromatic heterocycles. The molecule has 96 valence electrons. The minimum absolute atomic E-state index is 0.370. The molecule has 0 heterocycles. The predicted octanol–water partition coefficient (Wildman–Crippen LogP) is 3.35. The van der Waals surface area contributed by atoms with Crippen molar-refractivity contribution in [3.8, 4) is 5.75 Å². The summed E-state index contributed by atoms with van der Waals surface area (Å²) in [6.07, 6.45) is 3.49. The van der Waals surface area contributed by atoms with Crippen LogP contribution in [0, 0.1) is 5.92 Å². The van der Waals surface area contributed by atoms with Gasteiger partial charge in [0.2, 0.25) is 0 Å². The topological polar surface area (TPSA) is 32.3 Å². The zero-order chi connectivity index (χ0) is 12.7. The number of phenols is 1. The minimum atomic E-state index is 0.370. The molecule has 0 aliphatic rings. The molecule has 1 unspecified atom stereocenters. The summed E-state index contributed by atoms with van der Waals surface area (Å²) >= 11 is 0. The zero-order valence-corrected chi connectivity index (χ0v) is 11.2. The van der Waals surface area contributed by atoms with Gasteiger partial charge in [0.05, 0.1) is 0 Å². The summed E-state index contributed by atoms with van der Waals surface area (Å²) in [4.78, 5) is 0. The first-order valence-corrected chi connectivity index (χ1v) is 6.63. The van der Waals surface area contributed by atoms with Crippen molar-refractivity contribution in [3.63, 3.8) is 0 Å². The van der Waals surface area contributed by atoms with E-state index in [2.05, 4.69) is 32.2 Å². The van der Waals surface area contributed by atoms with E-state index in [1.807, 2.05) is 12.1 Å². The van der Waals surface area contributed by atoms with E-state index in [0.29, 0.717) is 17.7 Å². The molecule has 0 fully saturated rings. The van der Waals surface area contributed by atoms with Gasteiger partial charge >= 0.3 is 0 Å². The van der Waals surface area contributed by atoms with Gasteiger partial charge in [-0.1, -0.05) is 39.3 Å². The Morgan fingerprint density at radius 2 is 2.06 bits per heavy atom. The molecule has 1 aromatic rings. The monoisotopic (exact) mass is 235 g/mol. The van der Waals surface area contributed by atoms with Crippen molar-refractivity contribution >= 4 is 0 Å². The lowest BCUT2D eigenvalue weighted by Crippen LogP contribution is -2.29. The molecule has 0 aliphatic carbocycles. The van der Waals surface area contributed by atoms with Gasteiger partial charge < -0.3 is 10.4 Å². The number of aromatic hydroxyl groups is 1. The van der Waals surface area contributed by atoms with E-state index in [1.54, 1.807) is 6.07 Å². The Morgan fingerprint density at radius 3 is 2.65 bits per heavy atom. The summed E-state index contributed by atoms with van der Waals surface area (Å²) in [6.45, 7) is 7.64. The van der Waals surface area contributed by atoms with Crippen LogP contribution in [-0.2, 0) is 6.42 Å². The second-order valence-electron chi connectivity index (χ2n) is 5.09. The molecular weight excluding hydrogens is 210 g/mol. The largest absolute Gasteiger partial charge is 0.508 e. The lowest BCUT2D eigenvalue weighted by Gasteiger charge is -2.19. The van der Waals surface area contributed by atoms with E-state index in [-0.39, 0.29) is 0 Å². The molecule has 1 rings (SSSR count). The first-order valence-electron chi connectivity index (χ1n) is 6.63. The van der Waals surface area contributed by atoms with Crippen LogP contribution in [0.3, 0.4) is 0 Å². The standard InChI is InChI=1S/C15H25NO/c1-4-6-14(11-16-12(2)3)9-13-7-5-8-15(17)10-13/h5,7-8,10,12,14,16-17H,4,6,9,11H2,1-3H3. The summed E-state index contributed by atoms with van der Waals surface area (Å²) in [5, 5.41) is 13.0. The van der Waals surface area contributed by atoms with Crippen molar-refractivity contribution < 1.29 is 5.11 Å². The molecule has 2 N–H and O–H groups in total. The highest BCUT2D eigenvalue weighted by Crippen LogP contribution is 2.17. The Bertz CT molecular complexity index is 322. The average Bonchev–Trinajstić information content (AvgIpc) is 2.26. The van der Waals surface area contributed by atoms with Gasteiger partial charge in [-0.3, -0.25) is 0 Å². The van der Waals surface area contributed by atoms with E-state index in [1.165, 1.54) is 18.4 Å². The third-order valence-electron chi connectivity index (χ3n) is 2.95. The third kappa shape index (κ3) is 5.73. The lowest BCUT2D eigenvalue weighted by atomic mass is 9.94. The van der Waals surface area contributed by atoms with Crippen molar-refractivity contribution in [1.29, 1.82) is 0 Å². The fourth-order valence-corrected chi connectivity index (χ4v) is 2.10. The van der Waals surface area contributed by atoms with Crippen LogP contribution in [0.4, 0.5) is 0 Å². The molecule has 17 heavy (non-hydrogen) atoms. The molecular formula is C15H25NO. The minimum Gasteiger partial charge on any atom is -0.508 e. The van der Waals surface area contributed by atoms with Gasteiger partial charge in [0, 0.05) is 6.04 Å². The molecule has 1 aromatic carbocycles. The van der Waals surface area contributed by atoms with E-state index in [0.717, 1.165) is 13.0 Å². The molecule has 2 nitrogen and oxygen atoms in total. The summed E-state index contributed by atoms with van der Waals surface area (Å²) in [5.41, 5.74) is 1.23.